The van der Waals surface area contributed by atoms with Crippen LogP contribution in [0.2, 0.25) is 0 Å². The van der Waals surface area contributed by atoms with Crippen LogP contribution >= 0.6 is 0 Å². The highest BCUT2D eigenvalue weighted by Crippen LogP contribution is 2.12. The average molecular weight is 453 g/mol. The van der Waals surface area contributed by atoms with Crippen LogP contribution in [0.25, 0.3) is 0 Å². The summed E-state index contributed by atoms with van der Waals surface area (Å²) in [7, 11) is -6.91. The van der Waals surface area contributed by atoms with Crippen LogP contribution in [0.1, 0.15) is 40.1 Å². The van der Waals surface area contributed by atoms with Crippen LogP contribution in [0.3, 0.4) is 0 Å². The van der Waals surface area contributed by atoms with Gasteiger partial charge in [-0.2, -0.15) is 0 Å². The van der Waals surface area contributed by atoms with Gasteiger partial charge in [-0.1, -0.05) is 31.2 Å². The van der Waals surface area contributed by atoms with Gasteiger partial charge < -0.3 is 5.32 Å². The van der Waals surface area contributed by atoms with E-state index < -0.39 is 25.8 Å². The van der Waals surface area contributed by atoms with E-state index in [0.717, 1.165) is 0 Å². The lowest BCUT2D eigenvalue weighted by atomic mass is 10.1. The maximum Gasteiger partial charge on any atom is 0.251 e. The van der Waals surface area contributed by atoms with Gasteiger partial charge in [0.05, 0.1) is 10.6 Å². The van der Waals surface area contributed by atoms with Crippen molar-refractivity contribution in [3.05, 3.63) is 65.2 Å². The molecule has 0 aliphatic heterocycles. The van der Waals surface area contributed by atoms with Crippen molar-refractivity contribution in [3.63, 3.8) is 0 Å². The molecule has 2 rings (SSSR count). The lowest BCUT2D eigenvalue weighted by Gasteiger charge is -2.09. The van der Waals surface area contributed by atoms with Gasteiger partial charge in [-0.25, -0.2) is 21.6 Å². The highest BCUT2D eigenvalue weighted by Gasteiger charge is 2.14. The molecular formula is C20H24N2O6S2. The number of rotatable bonds is 10. The first kappa shape index (κ1) is 23.7. The minimum Gasteiger partial charge on any atom is -0.351 e. The molecule has 0 saturated carbocycles. The molecule has 0 aromatic heterocycles. The van der Waals surface area contributed by atoms with Crippen LogP contribution in [0.15, 0.2) is 53.4 Å². The Morgan fingerprint density at radius 3 is 1.97 bits per heavy atom. The quantitative estimate of drug-likeness (QED) is 0.527. The normalized spacial score (nSPS) is 11.8. The van der Waals surface area contributed by atoms with E-state index in [1.807, 2.05) is 0 Å². The van der Waals surface area contributed by atoms with E-state index in [4.69, 9.17) is 0 Å². The lowest BCUT2D eigenvalue weighted by Crippen LogP contribution is -2.29. The van der Waals surface area contributed by atoms with Crippen molar-refractivity contribution in [1.29, 1.82) is 0 Å². The molecule has 0 fully saturated rings. The third-order valence-corrected chi connectivity index (χ3v) is 7.51. The van der Waals surface area contributed by atoms with Gasteiger partial charge in [0, 0.05) is 30.0 Å². The van der Waals surface area contributed by atoms with Crippen molar-refractivity contribution in [2.45, 2.75) is 25.3 Å². The molecule has 0 spiro atoms. The van der Waals surface area contributed by atoms with E-state index in [9.17, 15) is 26.4 Å². The Kier molecular flexibility index (Phi) is 7.88. The van der Waals surface area contributed by atoms with Gasteiger partial charge in [0.15, 0.2) is 15.6 Å². The fourth-order valence-electron chi connectivity index (χ4n) is 2.47. The summed E-state index contributed by atoms with van der Waals surface area (Å²) >= 11 is 0. The van der Waals surface area contributed by atoms with Crippen LogP contribution in [0.5, 0.6) is 0 Å². The Hall–Kier alpha value is -2.56. The second-order valence-corrected chi connectivity index (χ2v) is 10.8. The first-order valence-corrected chi connectivity index (χ1v) is 12.5. The number of amides is 1. The summed E-state index contributed by atoms with van der Waals surface area (Å²) in [4.78, 5) is 23.4. The predicted molar refractivity (Wildman–Crippen MR) is 114 cm³/mol. The molecule has 0 aliphatic carbocycles. The van der Waals surface area contributed by atoms with Crippen molar-refractivity contribution < 1.29 is 26.4 Å². The molecule has 0 heterocycles. The van der Waals surface area contributed by atoms with Crippen molar-refractivity contribution in [3.8, 4) is 0 Å². The standard InChI is InChI=1S/C20H24N2O6S2/c1-3-29(25,26)13-12-21-20(24)18-6-4-16(5-7-18)14-22-30(27,28)19-10-8-17(9-11-19)15(2)23/h4-11,22H,3,12-14H2,1-2H3,(H,21,24). The molecule has 0 saturated heterocycles. The summed E-state index contributed by atoms with van der Waals surface area (Å²) in [6.45, 7) is 3.00. The van der Waals surface area contributed by atoms with Gasteiger partial charge in [0.25, 0.3) is 5.91 Å². The van der Waals surface area contributed by atoms with Gasteiger partial charge in [-0.15, -0.1) is 0 Å². The average Bonchev–Trinajstić information content (AvgIpc) is 2.72. The molecule has 162 valence electrons. The summed E-state index contributed by atoms with van der Waals surface area (Å²) in [5, 5.41) is 2.55. The van der Waals surface area contributed by atoms with Gasteiger partial charge in [0.1, 0.15) is 0 Å². The van der Waals surface area contributed by atoms with Crippen LogP contribution in [-0.2, 0) is 26.4 Å². The zero-order valence-corrected chi connectivity index (χ0v) is 18.3. The summed E-state index contributed by atoms with van der Waals surface area (Å²) < 4.78 is 50.1. The zero-order valence-electron chi connectivity index (χ0n) is 16.7. The maximum absolute atomic E-state index is 12.4. The Morgan fingerprint density at radius 2 is 1.43 bits per heavy atom. The SMILES string of the molecule is CCS(=O)(=O)CCNC(=O)c1ccc(CNS(=O)(=O)c2ccc(C(C)=O)cc2)cc1. The summed E-state index contributed by atoms with van der Waals surface area (Å²) in [5.41, 5.74) is 1.41. The second kappa shape index (κ2) is 9.96. The van der Waals surface area contributed by atoms with Gasteiger partial charge in [-0.05, 0) is 36.8 Å². The van der Waals surface area contributed by atoms with Gasteiger partial charge in [0.2, 0.25) is 10.0 Å². The number of carbonyl (C=O) groups excluding carboxylic acids is 2. The van der Waals surface area contributed by atoms with E-state index >= 15 is 0 Å². The van der Waals surface area contributed by atoms with E-state index in [2.05, 4.69) is 10.0 Å². The van der Waals surface area contributed by atoms with Crippen molar-refractivity contribution in [2.75, 3.05) is 18.1 Å². The molecule has 0 unspecified atom stereocenters. The molecule has 2 N–H and O–H groups in total. The predicted octanol–water partition coefficient (Wildman–Crippen LogP) is 1.53. The number of benzene rings is 2. The Morgan fingerprint density at radius 1 is 0.867 bits per heavy atom. The van der Waals surface area contributed by atoms with Crippen LogP contribution in [0.4, 0.5) is 0 Å². The molecule has 0 atom stereocenters. The summed E-state index contributed by atoms with van der Waals surface area (Å²) in [5.74, 6) is -0.654. The molecular weight excluding hydrogens is 428 g/mol. The number of hydrogen-bond donors (Lipinski definition) is 2. The maximum atomic E-state index is 12.4. The largest absolute Gasteiger partial charge is 0.351 e. The van der Waals surface area contributed by atoms with E-state index in [-0.39, 0.29) is 35.3 Å². The smallest absolute Gasteiger partial charge is 0.251 e. The number of carbonyl (C=O) groups is 2. The lowest BCUT2D eigenvalue weighted by molar-refractivity contribution is 0.0955. The number of sulfonamides is 1. The Labute approximate surface area is 176 Å². The fraction of sp³-hybridized carbons (Fsp3) is 0.300. The third kappa shape index (κ3) is 6.75. The second-order valence-electron chi connectivity index (χ2n) is 6.59. The fourth-order valence-corrected chi connectivity index (χ4v) is 4.19. The van der Waals surface area contributed by atoms with E-state index in [0.29, 0.717) is 16.7 Å². The van der Waals surface area contributed by atoms with Gasteiger partial charge in [-0.3, -0.25) is 9.59 Å². The highest BCUT2D eigenvalue weighted by atomic mass is 32.2. The molecule has 10 heteroatoms. The van der Waals surface area contributed by atoms with Crippen molar-refractivity contribution in [2.24, 2.45) is 0 Å². The summed E-state index contributed by atoms with van der Waals surface area (Å²) in [6, 6.07) is 11.9. The molecule has 30 heavy (non-hydrogen) atoms. The molecule has 8 nitrogen and oxygen atoms in total. The Balaban J connectivity index is 1.93. The number of nitrogens with one attached hydrogen (secondary N) is 2. The van der Waals surface area contributed by atoms with Gasteiger partial charge >= 0.3 is 0 Å². The molecule has 2 aromatic carbocycles. The molecule has 0 radical (unpaired) electrons. The third-order valence-electron chi connectivity index (χ3n) is 4.39. The molecule has 0 bridgehead atoms. The topological polar surface area (TPSA) is 126 Å². The minimum absolute atomic E-state index is 0.0213. The Bertz CT molecular complexity index is 1110. The van der Waals surface area contributed by atoms with Crippen molar-refractivity contribution in [1.82, 2.24) is 10.0 Å². The van der Waals surface area contributed by atoms with E-state index in [1.165, 1.54) is 43.3 Å². The van der Waals surface area contributed by atoms with Crippen LogP contribution < -0.4 is 10.0 Å². The monoisotopic (exact) mass is 452 g/mol. The number of hydrogen-bond acceptors (Lipinski definition) is 6. The summed E-state index contributed by atoms with van der Waals surface area (Å²) in [6.07, 6.45) is 0. The minimum atomic E-state index is -3.75. The molecule has 2 aromatic rings. The molecule has 1 amide bonds. The molecule has 0 aliphatic rings. The van der Waals surface area contributed by atoms with E-state index in [1.54, 1.807) is 19.1 Å². The number of Topliss-reactive ketones (excluding diaryl/α,β-unsaturated/α-hetero) is 1. The number of sulfone groups is 1. The first-order valence-electron chi connectivity index (χ1n) is 9.22. The first-order chi connectivity index (χ1) is 14.0. The van der Waals surface area contributed by atoms with Crippen LogP contribution in [-0.4, -0.2) is 46.6 Å². The van der Waals surface area contributed by atoms with Crippen molar-refractivity contribution >= 4 is 31.6 Å². The number of ketones is 1. The van der Waals surface area contributed by atoms with Crippen LogP contribution in [0, 0.1) is 0 Å². The zero-order chi connectivity index (χ0) is 22.4. The highest BCUT2D eigenvalue weighted by molar-refractivity contribution is 7.91.